The van der Waals surface area contributed by atoms with Gasteiger partial charge in [0.1, 0.15) is 5.75 Å². The first-order valence-electron chi connectivity index (χ1n) is 6.74. The maximum absolute atomic E-state index is 5.38. The molecule has 0 unspecified atom stereocenters. The van der Waals surface area contributed by atoms with Gasteiger partial charge in [-0.3, -0.25) is 4.98 Å². The van der Waals surface area contributed by atoms with E-state index >= 15 is 0 Å². The number of hydrogen-bond donors (Lipinski definition) is 1. The van der Waals surface area contributed by atoms with Gasteiger partial charge in [0.15, 0.2) is 0 Å². The van der Waals surface area contributed by atoms with E-state index in [9.17, 15) is 0 Å². The smallest absolute Gasteiger partial charge is 0.140 e. The van der Waals surface area contributed by atoms with Crippen molar-refractivity contribution >= 4 is 5.57 Å². The van der Waals surface area contributed by atoms with Gasteiger partial charge in [-0.1, -0.05) is 6.08 Å². The number of aromatic nitrogens is 1. The molecule has 0 saturated carbocycles. The number of ether oxygens (including phenoxy) is 1. The molecule has 1 aliphatic carbocycles. The van der Waals surface area contributed by atoms with Gasteiger partial charge in [0.2, 0.25) is 0 Å². The zero-order chi connectivity index (χ0) is 12.5. The van der Waals surface area contributed by atoms with Gasteiger partial charge < -0.3 is 10.1 Å². The van der Waals surface area contributed by atoms with Gasteiger partial charge in [-0.25, -0.2) is 0 Å². The van der Waals surface area contributed by atoms with Crippen molar-refractivity contribution in [2.24, 2.45) is 5.92 Å². The number of pyridine rings is 1. The lowest BCUT2D eigenvalue weighted by Crippen LogP contribution is -2.30. The number of fused-ring (bicyclic) bond motifs is 1. The topological polar surface area (TPSA) is 34.1 Å². The van der Waals surface area contributed by atoms with Crippen molar-refractivity contribution in [1.82, 2.24) is 10.3 Å². The van der Waals surface area contributed by atoms with E-state index in [1.165, 1.54) is 30.4 Å². The Labute approximate surface area is 108 Å². The molecule has 96 valence electrons. The van der Waals surface area contributed by atoms with E-state index in [-0.39, 0.29) is 0 Å². The number of allylic oxidation sites excluding steroid dienone is 1. The minimum Gasteiger partial charge on any atom is -0.495 e. The fourth-order valence-corrected chi connectivity index (χ4v) is 3.19. The minimum atomic E-state index is 0.521. The monoisotopic (exact) mass is 244 g/mol. The Balaban J connectivity index is 1.96. The third-order valence-corrected chi connectivity index (χ3v) is 4.18. The lowest BCUT2D eigenvalue weighted by atomic mass is 9.82. The van der Waals surface area contributed by atoms with Gasteiger partial charge in [0.25, 0.3) is 0 Å². The summed E-state index contributed by atoms with van der Waals surface area (Å²) >= 11 is 0. The van der Waals surface area contributed by atoms with Gasteiger partial charge in [0, 0.05) is 17.8 Å². The Morgan fingerprint density at radius 1 is 1.39 bits per heavy atom. The number of rotatable bonds is 2. The summed E-state index contributed by atoms with van der Waals surface area (Å²) in [5.41, 5.74) is 3.57. The highest BCUT2D eigenvalue weighted by Gasteiger charge is 2.32. The van der Waals surface area contributed by atoms with Crippen LogP contribution >= 0.6 is 0 Å². The Bertz CT molecular complexity index is 481. The van der Waals surface area contributed by atoms with Crippen LogP contribution in [0.5, 0.6) is 5.75 Å². The number of aryl methyl sites for hydroxylation is 1. The maximum atomic E-state index is 5.38. The Morgan fingerprint density at radius 2 is 2.28 bits per heavy atom. The molecule has 0 radical (unpaired) electrons. The van der Waals surface area contributed by atoms with Crippen LogP contribution in [0.2, 0.25) is 0 Å². The summed E-state index contributed by atoms with van der Waals surface area (Å²) in [7, 11) is 1.71. The van der Waals surface area contributed by atoms with E-state index in [0.717, 1.165) is 23.9 Å². The molecule has 0 amide bonds. The lowest BCUT2D eigenvalue weighted by molar-refractivity contribution is 0.408. The molecule has 0 spiro atoms. The summed E-state index contributed by atoms with van der Waals surface area (Å²) in [6.45, 7) is 3.12. The summed E-state index contributed by atoms with van der Waals surface area (Å²) in [5.74, 6) is 1.69. The first kappa shape index (κ1) is 11.7. The highest BCUT2D eigenvalue weighted by molar-refractivity contribution is 5.71. The molecule has 2 atom stereocenters. The van der Waals surface area contributed by atoms with Gasteiger partial charge in [-0.15, -0.1) is 0 Å². The van der Waals surface area contributed by atoms with Crippen LogP contribution in [-0.4, -0.2) is 24.7 Å². The van der Waals surface area contributed by atoms with E-state index in [4.69, 9.17) is 4.74 Å². The second-order valence-electron chi connectivity index (χ2n) is 5.23. The molecule has 1 aromatic rings. The van der Waals surface area contributed by atoms with E-state index in [0.29, 0.717) is 6.04 Å². The molecule has 2 heterocycles. The predicted octanol–water partition coefficient (Wildman–Crippen LogP) is 2.55. The molecule has 18 heavy (non-hydrogen) atoms. The zero-order valence-corrected chi connectivity index (χ0v) is 11.1. The third kappa shape index (κ3) is 1.93. The SMILES string of the molecule is COc1cc(C2=CCC[C@H]3CCN[C@@H]23)cnc1C. The van der Waals surface area contributed by atoms with E-state index < -0.39 is 0 Å². The van der Waals surface area contributed by atoms with Crippen molar-refractivity contribution in [3.05, 3.63) is 29.6 Å². The van der Waals surface area contributed by atoms with Crippen LogP contribution in [0.1, 0.15) is 30.5 Å². The van der Waals surface area contributed by atoms with Gasteiger partial charge in [0.05, 0.1) is 12.8 Å². The predicted molar refractivity (Wildman–Crippen MR) is 72.6 cm³/mol. The molecular weight excluding hydrogens is 224 g/mol. The quantitative estimate of drug-likeness (QED) is 0.868. The van der Waals surface area contributed by atoms with Crippen molar-refractivity contribution in [1.29, 1.82) is 0 Å². The minimum absolute atomic E-state index is 0.521. The van der Waals surface area contributed by atoms with Gasteiger partial charge in [-0.05, 0) is 50.3 Å². The molecule has 0 bridgehead atoms. The van der Waals surface area contributed by atoms with Gasteiger partial charge in [-0.2, -0.15) is 0 Å². The molecule has 2 aliphatic rings. The molecular formula is C15H20N2O. The average molecular weight is 244 g/mol. The summed E-state index contributed by atoms with van der Waals surface area (Å²) < 4.78 is 5.38. The zero-order valence-electron chi connectivity index (χ0n) is 11.1. The van der Waals surface area contributed by atoms with E-state index in [1.807, 2.05) is 13.1 Å². The fourth-order valence-electron chi connectivity index (χ4n) is 3.19. The van der Waals surface area contributed by atoms with Crippen molar-refractivity contribution in [3.8, 4) is 5.75 Å². The molecule has 1 fully saturated rings. The Morgan fingerprint density at radius 3 is 3.11 bits per heavy atom. The van der Waals surface area contributed by atoms with Gasteiger partial charge >= 0.3 is 0 Å². The molecule has 0 aromatic carbocycles. The third-order valence-electron chi connectivity index (χ3n) is 4.18. The van der Waals surface area contributed by atoms with Crippen molar-refractivity contribution in [3.63, 3.8) is 0 Å². The van der Waals surface area contributed by atoms with Crippen molar-refractivity contribution in [2.75, 3.05) is 13.7 Å². The summed E-state index contributed by atoms with van der Waals surface area (Å²) in [6.07, 6.45) is 8.15. The highest BCUT2D eigenvalue weighted by atomic mass is 16.5. The van der Waals surface area contributed by atoms with Crippen LogP contribution in [0.25, 0.3) is 5.57 Å². The first-order valence-corrected chi connectivity index (χ1v) is 6.74. The second-order valence-corrected chi connectivity index (χ2v) is 5.23. The summed E-state index contributed by atoms with van der Waals surface area (Å²) in [4.78, 5) is 4.45. The average Bonchev–Trinajstić information content (AvgIpc) is 2.87. The Hall–Kier alpha value is -1.35. The van der Waals surface area contributed by atoms with Crippen LogP contribution in [0.3, 0.4) is 0 Å². The molecule has 3 heteroatoms. The number of nitrogens with zero attached hydrogens (tertiary/aromatic N) is 1. The standard InChI is InChI=1S/C15H20N2O/c1-10-14(18-2)8-12(9-17-10)13-5-3-4-11-6-7-16-15(11)13/h5,8-9,11,15-16H,3-4,6-7H2,1-2H3/t11-,15+/m0/s1. The number of nitrogens with one attached hydrogen (secondary N) is 1. The van der Waals surface area contributed by atoms with Crippen molar-refractivity contribution in [2.45, 2.75) is 32.2 Å². The molecule has 1 N–H and O–H groups in total. The molecule has 1 saturated heterocycles. The Kier molecular flexibility index (Phi) is 3.08. The van der Waals surface area contributed by atoms with E-state index in [1.54, 1.807) is 7.11 Å². The van der Waals surface area contributed by atoms with Crippen LogP contribution in [0.15, 0.2) is 18.3 Å². The lowest BCUT2D eigenvalue weighted by Gasteiger charge is -2.27. The molecule has 1 aliphatic heterocycles. The molecule has 1 aromatic heterocycles. The fraction of sp³-hybridized carbons (Fsp3) is 0.533. The molecule has 3 rings (SSSR count). The van der Waals surface area contributed by atoms with Crippen LogP contribution in [-0.2, 0) is 0 Å². The highest BCUT2D eigenvalue weighted by Crippen LogP contribution is 2.36. The first-order chi connectivity index (χ1) is 8.79. The van der Waals surface area contributed by atoms with Crippen LogP contribution in [0.4, 0.5) is 0 Å². The number of methoxy groups -OCH3 is 1. The van der Waals surface area contributed by atoms with Crippen LogP contribution < -0.4 is 10.1 Å². The normalized spacial score (nSPS) is 26.7. The molecule has 3 nitrogen and oxygen atoms in total. The maximum Gasteiger partial charge on any atom is 0.140 e. The summed E-state index contributed by atoms with van der Waals surface area (Å²) in [5, 5.41) is 3.62. The van der Waals surface area contributed by atoms with Crippen LogP contribution in [0, 0.1) is 12.8 Å². The summed E-state index contributed by atoms with van der Waals surface area (Å²) in [6, 6.07) is 2.64. The second kappa shape index (κ2) is 4.73. The van der Waals surface area contributed by atoms with E-state index in [2.05, 4.69) is 22.4 Å². The number of hydrogen-bond acceptors (Lipinski definition) is 3. The van der Waals surface area contributed by atoms with Crippen molar-refractivity contribution < 1.29 is 4.74 Å². The largest absolute Gasteiger partial charge is 0.495 e.